The van der Waals surface area contributed by atoms with Crippen LogP contribution in [0.4, 0.5) is 0 Å². The van der Waals surface area contributed by atoms with Crippen LogP contribution in [0.25, 0.3) is 0 Å². The minimum absolute atomic E-state index is 0.117. The Morgan fingerprint density at radius 2 is 1.83 bits per heavy atom. The third-order valence-corrected chi connectivity index (χ3v) is 4.35. The summed E-state index contributed by atoms with van der Waals surface area (Å²) >= 11 is 0. The molecular weight excluding hydrogens is 254 g/mol. The number of carbonyl (C=O) groups is 1. The number of rotatable bonds is 6. The molecule has 18 heavy (non-hydrogen) atoms. The summed E-state index contributed by atoms with van der Waals surface area (Å²) < 4.78 is 24.8. The quantitative estimate of drug-likeness (QED) is 0.847. The van der Waals surface area contributed by atoms with E-state index < -0.39 is 22.5 Å². The number of carboxylic acid groups (broad SMARTS) is 1. The predicted molar refractivity (Wildman–Crippen MR) is 67.9 cm³/mol. The van der Waals surface area contributed by atoms with E-state index in [0.29, 0.717) is 0 Å². The van der Waals surface area contributed by atoms with Crippen molar-refractivity contribution in [1.29, 1.82) is 0 Å². The molecule has 1 N–H and O–H groups in total. The first-order valence-electron chi connectivity index (χ1n) is 5.65. The van der Waals surface area contributed by atoms with Crippen LogP contribution in [0.2, 0.25) is 0 Å². The lowest BCUT2D eigenvalue weighted by molar-refractivity contribution is -0.137. The largest absolute Gasteiger partial charge is 0.480 e. The molecule has 0 heterocycles. The highest BCUT2D eigenvalue weighted by molar-refractivity contribution is 7.89. The highest BCUT2D eigenvalue weighted by Crippen LogP contribution is 2.15. The lowest BCUT2D eigenvalue weighted by atomic mass is 10.1. The van der Waals surface area contributed by atoms with Gasteiger partial charge in [-0.05, 0) is 24.1 Å². The van der Waals surface area contributed by atoms with Crippen molar-refractivity contribution < 1.29 is 18.3 Å². The van der Waals surface area contributed by atoms with Crippen LogP contribution >= 0.6 is 0 Å². The van der Waals surface area contributed by atoms with Crippen LogP contribution in [-0.4, -0.2) is 37.4 Å². The Morgan fingerprint density at radius 3 is 2.28 bits per heavy atom. The highest BCUT2D eigenvalue weighted by atomic mass is 32.2. The van der Waals surface area contributed by atoms with Crippen LogP contribution in [-0.2, 0) is 21.2 Å². The number of carboxylic acids is 1. The predicted octanol–water partition coefficient (Wildman–Crippen LogP) is 1.34. The van der Waals surface area contributed by atoms with E-state index in [0.717, 1.165) is 22.7 Å². The fourth-order valence-corrected chi connectivity index (χ4v) is 2.69. The molecule has 1 aromatic carbocycles. The van der Waals surface area contributed by atoms with Gasteiger partial charge in [0.15, 0.2) is 0 Å². The molecule has 0 saturated carbocycles. The first-order valence-corrected chi connectivity index (χ1v) is 7.09. The van der Waals surface area contributed by atoms with Gasteiger partial charge >= 0.3 is 5.97 Å². The summed E-state index contributed by atoms with van der Waals surface area (Å²) in [7, 11) is -2.46. The van der Waals surface area contributed by atoms with Crippen molar-refractivity contribution in [2.24, 2.45) is 0 Å². The number of benzene rings is 1. The second kappa shape index (κ2) is 5.97. The molecule has 0 atom stereocenters. The lowest BCUT2D eigenvalue weighted by Crippen LogP contribution is -2.32. The molecule has 0 saturated heterocycles. The molecule has 1 aromatic rings. The molecule has 0 aromatic heterocycles. The normalized spacial score (nSPS) is 11.7. The number of hydrogen-bond donors (Lipinski definition) is 1. The van der Waals surface area contributed by atoms with Gasteiger partial charge in [-0.3, -0.25) is 4.79 Å². The van der Waals surface area contributed by atoms with Crippen LogP contribution in [0.15, 0.2) is 29.2 Å². The Bertz CT molecular complexity index is 507. The number of hydrogen-bond acceptors (Lipinski definition) is 3. The van der Waals surface area contributed by atoms with Gasteiger partial charge in [-0.25, -0.2) is 8.42 Å². The molecule has 0 aliphatic heterocycles. The third-order valence-electron chi connectivity index (χ3n) is 2.53. The molecule has 0 radical (unpaired) electrons. The van der Waals surface area contributed by atoms with Gasteiger partial charge in [0.2, 0.25) is 10.0 Å². The van der Waals surface area contributed by atoms with Gasteiger partial charge in [-0.2, -0.15) is 4.31 Å². The molecule has 0 bridgehead atoms. The second-order valence-corrected chi connectivity index (χ2v) is 6.09. The molecule has 0 fully saturated rings. The zero-order valence-electron chi connectivity index (χ0n) is 10.5. The minimum atomic E-state index is -3.71. The van der Waals surface area contributed by atoms with E-state index in [4.69, 9.17) is 5.11 Å². The molecular formula is C12H17NO4S. The first kappa shape index (κ1) is 14.7. The zero-order valence-corrected chi connectivity index (χ0v) is 11.3. The van der Waals surface area contributed by atoms with E-state index >= 15 is 0 Å². The topological polar surface area (TPSA) is 74.7 Å². The molecule has 100 valence electrons. The molecule has 0 unspecified atom stereocenters. The van der Waals surface area contributed by atoms with Gasteiger partial charge in [-0.15, -0.1) is 0 Å². The van der Waals surface area contributed by atoms with Crippen molar-refractivity contribution in [3.8, 4) is 0 Å². The van der Waals surface area contributed by atoms with Gasteiger partial charge < -0.3 is 5.11 Å². The van der Waals surface area contributed by atoms with Gasteiger partial charge in [0.05, 0.1) is 4.90 Å². The van der Waals surface area contributed by atoms with Gasteiger partial charge in [0, 0.05) is 7.05 Å². The Morgan fingerprint density at radius 1 is 1.28 bits per heavy atom. The van der Waals surface area contributed by atoms with E-state index in [1.807, 2.05) is 6.92 Å². The molecule has 0 aliphatic rings. The van der Waals surface area contributed by atoms with Crippen molar-refractivity contribution >= 4 is 16.0 Å². The number of sulfonamides is 1. The molecule has 1 rings (SSSR count). The second-order valence-electron chi connectivity index (χ2n) is 4.05. The van der Waals surface area contributed by atoms with Gasteiger partial charge in [-0.1, -0.05) is 25.5 Å². The maximum atomic E-state index is 12.0. The molecule has 5 nitrogen and oxygen atoms in total. The standard InChI is InChI=1S/C12H17NO4S/c1-3-4-10-5-7-11(8-6-10)18(16,17)13(2)9-12(14)15/h5-8H,3-4,9H2,1-2H3,(H,14,15). The SMILES string of the molecule is CCCc1ccc(S(=O)(=O)N(C)CC(=O)O)cc1. The number of likely N-dealkylation sites (N-methyl/N-ethyl adjacent to an activating group) is 1. The molecule has 6 heteroatoms. The van der Waals surface area contributed by atoms with Crippen molar-refractivity contribution in [3.05, 3.63) is 29.8 Å². The summed E-state index contributed by atoms with van der Waals surface area (Å²) in [6.07, 6.45) is 1.89. The van der Waals surface area contributed by atoms with Crippen molar-refractivity contribution in [2.45, 2.75) is 24.7 Å². The van der Waals surface area contributed by atoms with Crippen LogP contribution in [0.1, 0.15) is 18.9 Å². The highest BCUT2D eigenvalue weighted by Gasteiger charge is 2.22. The van der Waals surface area contributed by atoms with Crippen LogP contribution < -0.4 is 0 Å². The van der Waals surface area contributed by atoms with Crippen molar-refractivity contribution in [2.75, 3.05) is 13.6 Å². The summed E-state index contributed by atoms with van der Waals surface area (Å²) in [5.41, 5.74) is 1.07. The van der Waals surface area contributed by atoms with E-state index in [9.17, 15) is 13.2 Å². The average molecular weight is 271 g/mol. The van der Waals surface area contributed by atoms with Crippen LogP contribution in [0.5, 0.6) is 0 Å². The summed E-state index contributed by atoms with van der Waals surface area (Å²) in [5, 5.41) is 8.60. The summed E-state index contributed by atoms with van der Waals surface area (Å²) in [6, 6.07) is 6.54. The summed E-state index contributed by atoms with van der Waals surface area (Å²) in [5.74, 6) is -1.18. The Kier molecular flexibility index (Phi) is 4.86. The van der Waals surface area contributed by atoms with Crippen molar-refractivity contribution in [3.63, 3.8) is 0 Å². The Labute approximate surface area is 107 Å². The van der Waals surface area contributed by atoms with E-state index in [2.05, 4.69) is 0 Å². The maximum absolute atomic E-state index is 12.0. The first-order chi connectivity index (χ1) is 8.37. The minimum Gasteiger partial charge on any atom is -0.480 e. The number of aliphatic carboxylic acids is 1. The number of aryl methyl sites for hydroxylation is 1. The smallest absolute Gasteiger partial charge is 0.318 e. The summed E-state index contributed by atoms with van der Waals surface area (Å²) in [4.78, 5) is 10.6. The fourth-order valence-electron chi connectivity index (χ4n) is 1.57. The Balaban J connectivity index is 2.94. The maximum Gasteiger partial charge on any atom is 0.318 e. The van der Waals surface area contributed by atoms with Crippen LogP contribution in [0, 0.1) is 0 Å². The third kappa shape index (κ3) is 3.54. The van der Waals surface area contributed by atoms with E-state index in [1.165, 1.54) is 19.2 Å². The monoisotopic (exact) mass is 271 g/mol. The van der Waals surface area contributed by atoms with Crippen molar-refractivity contribution in [1.82, 2.24) is 4.31 Å². The number of nitrogens with zero attached hydrogens (tertiary/aromatic N) is 1. The summed E-state index contributed by atoms with van der Waals surface area (Å²) in [6.45, 7) is 1.50. The van der Waals surface area contributed by atoms with Gasteiger partial charge in [0.1, 0.15) is 6.54 Å². The Hall–Kier alpha value is -1.40. The molecule has 0 spiro atoms. The molecule has 0 amide bonds. The van der Waals surface area contributed by atoms with E-state index in [-0.39, 0.29) is 4.90 Å². The van der Waals surface area contributed by atoms with Gasteiger partial charge in [0.25, 0.3) is 0 Å². The van der Waals surface area contributed by atoms with E-state index in [1.54, 1.807) is 12.1 Å². The van der Waals surface area contributed by atoms with Crippen LogP contribution in [0.3, 0.4) is 0 Å². The fraction of sp³-hybridized carbons (Fsp3) is 0.417. The lowest BCUT2D eigenvalue weighted by Gasteiger charge is -2.15. The molecule has 0 aliphatic carbocycles. The average Bonchev–Trinajstić information content (AvgIpc) is 2.29. The zero-order chi connectivity index (χ0) is 13.8.